The molecule has 0 aliphatic rings. The Morgan fingerprint density at radius 2 is 0.431 bits per heavy atom. The quantitative estimate of drug-likeness (QED) is 0.0956. The maximum atomic E-state index is 2.32. The molecule has 0 aromatic heterocycles. The van der Waals surface area contributed by atoms with Crippen molar-refractivity contribution in [3.05, 3.63) is 226 Å². The number of hydrogen-bond acceptors (Lipinski definition) is 0. The molecule has 0 aliphatic carbocycles. The van der Waals surface area contributed by atoms with Crippen LogP contribution in [0.3, 0.4) is 0 Å². The Kier molecular flexibility index (Phi) is 10.5. The van der Waals surface area contributed by atoms with E-state index in [1.807, 2.05) is 0 Å². The third-order valence-corrected chi connectivity index (χ3v) is 15.8. The fourth-order valence-electron chi connectivity index (χ4n) is 6.15. The van der Waals surface area contributed by atoms with Crippen LogP contribution in [0.15, 0.2) is 248 Å². The Morgan fingerprint density at radius 3 is 0.686 bits per heavy atom. The topological polar surface area (TPSA) is 0 Å². The molecule has 0 unspecified atom stereocenters. The van der Waals surface area contributed by atoms with Crippen LogP contribution in [0.2, 0.25) is 0 Å². The van der Waals surface area contributed by atoms with E-state index in [0.717, 1.165) is 0 Å². The zero-order chi connectivity index (χ0) is 34.2. The van der Waals surface area contributed by atoms with Gasteiger partial charge in [-0.1, -0.05) is 24.3 Å². The zero-order valence-electron chi connectivity index (χ0n) is 28.0. The van der Waals surface area contributed by atoms with E-state index >= 15 is 0 Å². The molecule has 8 rings (SSSR count). The molecular weight excluding hydrogens is 768 g/mol. The van der Waals surface area contributed by atoms with E-state index in [9.17, 15) is 0 Å². The van der Waals surface area contributed by atoms with Gasteiger partial charge in [0.1, 0.15) is 0 Å². The summed E-state index contributed by atoms with van der Waals surface area (Å²) in [5.41, 5.74) is 5.02. The Morgan fingerprint density at radius 1 is 0.216 bits per heavy atom. The molecule has 0 saturated carbocycles. The normalized spacial score (nSPS) is 11.3. The average Bonchev–Trinajstić information content (AvgIpc) is 3.21. The predicted molar refractivity (Wildman–Crippen MR) is 211 cm³/mol. The number of rotatable bonds is 10. The van der Waals surface area contributed by atoms with E-state index in [0.29, 0.717) is 0 Å². The summed E-state index contributed by atoms with van der Waals surface area (Å²) in [7, 11) is -0.266. The standard InChI is InChI=1S/C48H36IS2/c1-5-13-43(14-6-1)50(44-15-7-2-8-16-44)47-33-25-39(26-34-47)37-21-29-41(30-22-37)49-42-31-23-38(24-32-42)40-27-35-48(36-28-40)51(45-17-9-3-10-18-45)46-19-11-4-12-20-46/h1-36H/q+1. The summed E-state index contributed by atoms with van der Waals surface area (Å²) in [6, 6.07) is 80.1. The Balaban J connectivity index is 0.945. The summed E-state index contributed by atoms with van der Waals surface area (Å²) in [4.78, 5) is 8.03. The first-order chi connectivity index (χ1) is 25.3. The summed E-state index contributed by atoms with van der Waals surface area (Å²) in [6.45, 7) is 0. The molecule has 3 heteroatoms. The van der Waals surface area contributed by atoms with Crippen LogP contribution in [0.4, 0.5) is 0 Å². The molecule has 51 heavy (non-hydrogen) atoms. The van der Waals surface area contributed by atoms with E-state index in [1.165, 1.54) is 58.8 Å². The van der Waals surface area contributed by atoms with Gasteiger partial charge >= 0.3 is 296 Å². The van der Waals surface area contributed by atoms with E-state index in [4.69, 9.17) is 0 Å². The third-order valence-electron chi connectivity index (χ3n) is 8.67. The molecule has 8 aromatic carbocycles. The van der Waals surface area contributed by atoms with E-state index in [2.05, 4.69) is 218 Å². The molecule has 0 atom stereocenters. The van der Waals surface area contributed by atoms with E-state index in [1.54, 1.807) is 0 Å². The number of halogens is 1. The molecule has 0 spiro atoms. The summed E-state index contributed by atoms with van der Waals surface area (Å²) in [5.74, 6) is 0. The van der Waals surface area contributed by atoms with Crippen molar-refractivity contribution in [2.75, 3.05) is 0 Å². The first-order valence-corrected chi connectivity index (χ1v) is 21.6. The third kappa shape index (κ3) is 7.92. The maximum absolute atomic E-state index is 2.32. The molecule has 8 aromatic rings. The van der Waals surface area contributed by atoms with Gasteiger partial charge in [-0.05, 0) is 0 Å². The molecule has 0 saturated heterocycles. The molecular formula is C48H36IS2+. The van der Waals surface area contributed by atoms with Gasteiger partial charge in [-0.15, -0.1) is 0 Å². The van der Waals surface area contributed by atoms with Gasteiger partial charge in [0.15, 0.2) is 0 Å². The average molecular weight is 804 g/mol. The Labute approximate surface area is 317 Å². The summed E-state index contributed by atoms with van der Waals surface area (Å²) >= 11 is -0.268. The van der Waals surface area contributed by atoms with Crippen molar-refractivity contribution in [3.63, 3.8) is 0 Å². The second kappa shape index (κ2) is 16.0. The molecule has 0 aliphatic heterocycles. The van der Waals surface area contributed by atoms with Gasteiger partial charge in [0.25, 0.3) is 0 Å². The SMILES string of the molecule is c1ccc([S+](c2ccccc2)c2ccc(-c3ccc([I-]c4ccc(-c5ccc([S+](c6ccccc6)c6ccccc6)cc5)cc4)cc3)cc2)cc1. The van der Waals surface area contributed by atoms with Crippen molar-refractivity contribution in [2.24, 2.45) is 0 Å². The van der Waals surface area contributed by atoms with Crippen LogP contribution in [-0.4, -0.2) is 0 Å². The monoisotopic (exact) mass is 803 g/mol. The first kappa shape index (κ1) is 33.3. The fraction of sp³-hybridized carbons (Fsp3) is 0. The molecule has 0 fully saturated rings. The minimum atomic E-state index is -0.268. The van der Waals surface area contributed by atoms with Crippen LogP contribution in [0.5, 0.6) is 0 Å². The van der Waals surface area contributed by atoms with Gasteiger partial charge in [-0.2, -0.15) is 0 Å². The van der Waals surface area contributed by atoms with Crippen LogP contribution in [0.25, 0.3) is 22.3 Å². The van der Waals surface area contributed by atoms with Crippen molar-refractivity contribution in [1.29, 1.82) is 0 Å². The van der Waals surface area contributed by atoms with E-state index in [-0.39, 0.29) is 43.0 Å². The van der Waals surface area contributed by atoms with Gasteiger partial charge in [0.05, 0.1) is 0 Å². The van der Waals surface area contributed by atoms with Gasteiger partial charge in [0.2, 0.25) is 0 Å². The second-order valence-electron chi connectivity index (χ2n) is 12.0. The van der Waals surface area contributed by atoms with E-state index < -0.39 is 0 Å². The van der Waals surface area contributed by atoms with Crippen LogP contribution in [0.1, 0.15) is 0 Å². The van der Waals surface area contributed by atoms with Gasteiger partial charge < -0.3 is 0 Å². The Hall–Kier alpha value is -4.81. The summed E-state index contributed by atoms with van der Waals surface area (Å²) in [6.07, 6.45) is 0. The van der Waals surface area contributed by atoms with Gasteiger partial charge in [-0.3, -0.25) is 0 Å². The molecule has 0 amide bonds. The first-order valence-electron chi connectivity index (χ1n) is 17.0. The summed E-state index contributed by atoms with van der Waals surface area (Å²) in [5, 5.41) is 0. The van der Waals surface area contributed by atoms with Crippen molar-refractivity contribution < 1.29 is 21.2 Å². The molecule has 0 nitrogen and oxygen atoms in total. The van der Waals surface area contributed by atoms with Crippen LogP contribution in [0, 0.1) is 7.14 Å². The van der Waals surface area contributed by atoms with Crippen molar-refractivity contribution in [1.82, 2.24) is 0 Å². The second-order valence-corrected chi connectivity index (χ2v) is 19.1. The van der Waals surface area contributed by atoms with Crippen molar-refractivity contribution >= 4 is 21.8 Å². The van der Waals surface area contributed by atoms with Crippen LogP contribution >= 0.6 is 0 Å². The molecule has 0 radical (unpaired) electrons. The zero-order valence-corrected chi connectivity index (χ0v) is 31.8. The molecule has 0 bridgehead atoms. The number of benzene rings is 8. The van der Waals surface area contributed by atoms with Crippen LogP contribution in [-0.2, 0) is 21.8 Å². The fourth-order valence-corrected chi connectivity index (χ4v) is 12.5. The van der Waals surface area contributed by atoms with Gasteiger partial charge in [-0.25, -0.2) is 0 Å². The minimum absolute atomic E-state index is 0.133. The Bertz CT molecular complexity index is 2030. The molecule has 0 heterocycles. The predicted octanol–water partition coefficient (Wildman–Crippen LogP) is 9.34. The van der Waals surface area contributed by atoms with Gasteiger partial charge in [0, 0.05) is 0 Å². The number of hydrogen-bond donors (Lipinski definition) is 0. The van der Waals surface area contributed by atoms with Crippen LogP contribution < -0.4 is 21.2 Å². The molecule has 246 valence electrons. The van der Waals surface area contributed by atoms with Crippen molar-refractivity contribution in [2.45, 2.75) is 29.4 Å². The van der Waals surface area contributed by atoms with Crippen molar-refractivity contribution in [3.8, 4) is 22.3 Å². The summed E-state index contributed by atoms with van der Waals surface area (Å²) < 4.78 is 2.85. The molecule has 0 N–H and O–H groups in total.